The van der Waals surface area contributed by atoms with Gasteiger partial charge in [-0.15, -0.1) is 11.3 Å². The number of hydrogen-bond donors (Lipinski definition) is 3. The van der Waals surface area contributed by atoms with Gasteiger partial charge in [-0.25, -0.2) is 4.79 Å². The zero-order valence-electron chi connectivity index (χ0n) is 14.6. The van der Waals surface area contributed by atoms with Gasteiger partial charge in [-0.2, -0.15) is 0 Å². The Morgan fingerprint density at radius 1 is 1.31 bits per heavy atom. The number of likely N-dealkylation sites (tertiary alicyclic amines) is 1. The summed E-state index contributed by atoms with van der Waals surface area (Å²) in [6, 6.07) is 9.42. The van der Waals surface area contributed by atoms with Crippen LogP contribution in [-0.2, 0) is 10.4 Å². The van der Waals surface area contributed by atoms with Crippen LogP contribution in [0.25, 0.3) is 0 Å². The number of β-amino-alcohol motifs (C(OH)–C–C–N with tert-alkyl or cyclic N) is 1. The number of aryl methyl sites for hydroxylation is 1. The molecule has 1 amide bonds. The second kappa shape index (κ2) is 7.57. The first-order valence-electron chi connectivity index (χ1n) is 8.50. The molecule has 26 heavy (non-hydrogen) atoms. The van der Waals surface area contributed by atoms with Gasteiger partial charge in [0.05, 0.1) is 5.69 Å². The van der Waals surface area contributed by atoms with Crippen molar-refractivity contribution in [2.45, 2.75) is 25.4 Å². The topological polar surface area (TPSA) is 89.9 Å². The zero-order chi connectivity index (χ0) is 18.7. The predicted molar refractivity (Wildman–Crippen MR) is 101 cm³/mol. The second-order valence-electron chi connectivity index (χ2n) is 6.64. The monoisotopic (exact) mass is 374 g/mol. The molecule has 6 nitrogen and oxygen atoms in total. The first-order valence-corrected chi connectivity index (χ1v) is 9.38. The van der Waals surface area contributed by atoms with Gasteiger partial charge in [-0.3, -0.25) is 9.69 Å². The smallest absolute Gasteiger partial charge is 0.348 e. The maximum Gasteiger partial charge on any atom is 0.348 e. The molecule has 1 aromatic carbocycles. The van der Waals surface area contributed by atoms with Crippen molar-refractivity contribution in [3.63, 3.8) is 0 Å². The number of carbonyl (C=O) groups excluding carboxylic acids is 1. The Labute approximate surface area is 156 Å². The number of aliphatic hydroxyl groups is 1. The minimum Gasteiger partial charge on any atom is -0.477 e. The summed E-state index contributed by atoms with van der Waals surface area (Å²) < 4.78 is 0. The Hall–Kier alpha value is -2.22. The molecule has 0 bridgehead atoms. The standard InChI is InChI=1S/C19H22N2O4S/c1-13-4-2-3-5-14(13)19(25)8-10-21(12-19)9-6-16(22)20-15-7-11-26-17(15)18(23)24/h2-5,7,11,25H,6,8-10,12H2,1H3,(H,20,22)(H,23,24). The van der Waals surface area contributed by atoms with E-state index in [1.807, 2.05) is 31.2 Å². The summed E-state index contributed by atoms with van der Waals surface area (Å²) in [7, 11) is 0. The van der Waals surface area contributed by atoms with Crippen LogP contribution in [0.1, 0.15) is 33.6 Å². The van der Waals surface area contributed by atoms with Gasteiger partial charge in [-0.05, 0) is 35.9 Å². The van der Waals surface area contributed by atoms with Crippen molar-refractivity contribution < 1.29 is 19.8 Å². The van der Waals surface area contributed by atoms with E-state index in [0.717, 1.165) is 29.0 Å². The van der Waals surface area contributed by atoms with Crippen molar-refractivity contribution in [2.75, 3.05) is 25.0 Å². The Balaban J connectivity index is 1.55. The number of benzene rings is 1. The zero-order valence-corrected chi connectivity index (χ0v) is 15.4. The molecule has 0 radical (unpaired) electrons. The van der Waals surface area contributed by atoms with Crippen LogP contribution in [0.5, 0.6) is 0 Å². The molecule has 3 N–H and O–H groups in total. The van der Waals surface area contributed by atoms with E-state index in [0.29, 0.717) is 25.2 Å². The lowest BCUT2D eigenvalue weighted by Crippen LogP contribution is -2.33. The number of thiophene rings is 1. The molecule has 0 saturated carbocycles. The quantitative estimate of drug-likeness (QED) is 0.723. The third-order valence-corrected chi connectivity index (χ3v) is 5.66. The van der Waals surface area contributed by atoms with E-state index in [4.69, 9.17) is 5.11 Å². The minimum atomic E-state index is -1.04. The first-order chi connectivity index (χ1) is 12.4. The molecule has 1 saturated heterocycles. The fraction of sp³-hybridized carbons (Fsp3) is 0.368. The highest BCUT2D eigenvalue weighted by Gasteiger charge is 2.38. The summed E-state index contributed by atoms with van der Waals surface area (Å²) >= 11 is 1.08. The Bertz CT molecular complexity index is 819. The largest absolute Gasteiger partial charge is 0.477 e. The van der Waals surface area contributed by atoms with E-state index in [2.05, 4.69) is 10.2 Å². The fourth-order valence-electron chi connectivity index (χ4n) is 3.42. The number of carbonyl (C=O) groups is 2. The van der Waals surface area contributed by atoms with Gasteiger partial charge in [-0.1, -0.05) is 24.3 Å². The number of anilines is 1. The first kappa shape index (κ1) is 18.6. The number of aromatic carboxylic acids is 1. The van der Waals surface area contributed by atoms with Gasteiger partial charge in [0, 0.05) is 26.1 Å². The van der Waals surface area contributed by atoms with Crippen LogP contribution in [0.4, 0.5) is 5.69 Å². The number of carboxylic acids is 1. The average molecular weight is 374 g/mol. The van der Waals surface area contributed by atoms with Gasteiger partial charge in [0.1, 0.15) is 10.5 Å². The maximum absolute atomic E-state index is 12.1. The van der Waals surface area contributed by atoms with Crippen molar-refractivity contribution in [3.05, 3.63) is 51.7 Å². The number of amides is 1. The summed E-state index contributed by atoms with van der Waals surface area (Å²) in [5.74, 6) is -1.27. The summed E-state index contributed by atoms with van der Waals surface area (Å²) in [4.78, 5) is 25.4. The van der Waals surface area contributed by atoms with Crippen molar-refractivity contribution in [2.24, 2.45) is 0 Å². The Kier molecular flexibility index (Phi) is 5.41. The lowest BCUT2D eigenvalue weighted by atomic mass is 9.89. The summed E-state index contributed by atoms with van der Waals surface area (Å²) in [6.45, 7) is 3.72. The molecule has 2 heterocycles. The number of carboxylic acid groups (broad SMARTS) is 1. The van der Waals surface area contributed by atoms with Crippen LogP contribution >= 0.6 is 11.3 Å². The van der Waals surface area contributed by atoms with Crippen LogP contribution in [0, 0.1) is 6.92 Å². The second-order valence-corrected chi connectivity index (χ2v) is 7.56. The van der Waals surface area contributed by atoms with E-state index >= 15 is 0 Å². The molecule has 1 aliphatic rings. The minimum absolute atomic E-state index is 0.133. The molecule has 3 rings (SSSR count). The van der Waals surface area contributed by atoms with E-state index in [9.17, 15) is 14.7 Å². The SMILES string of the molecule is Cc1ccccc1C1(O)CCN(CCC(=O)Nc2ccsc2C(=O)O)C1. The van der Waals surface area contributed by atoms with Gasteiger partial charge >= 0.3 is 5.97 Å². The molecule has 0 aliphatic carbocycles. The van der Waals surface area contributed by atoms with Gasteiger partial charge in [0.15, 0.2) is 0 Å². The van der Waals surface area contributed by atoms with E-state index in [1.165, 1.54) is 0 Å². The molecule has 1 unspecified atom stereocenters. The van der Waals surface area contributed by atoms with E-state index < -0.39 is 11.6 Å². The van der Waals surface area contributed by atoms with Crippen LogP contribution in [0.2, 0.25) is 0 Å². The lowest BCUT2D eigenvalue weighted by Gasteiger charge is -2.25. The van der Waals surface area contributed by atoms with Crippen molar-refractivity contribution >= 4 is 28.9 Å². The molecule has 138 valence electrons. The highest BCUT2D eigenvalue weighted by molar-refractivity contribution is 7.12. The van der Waals surface area contributed by atoms with Gasteiger partial charge < -0.3 is 15.5 Å². The average Bonchev–Trinajstić information content (AvgIpc) is 3.21. The maximum atomic E-state index is 12.1. The van der Waals surface area contributed by atoms with Crippen LogP contribution < -0.4 is 5.32 Å². The number of hydrogen-bond acceptors (Lipinski definition) is 5. The highest BCUT2D eigenvalue weighted by atomic mass is 32.1. The molecular weight excluding hydrogens is 352 g/mol. The molecular formula is C19H22N2O4S. The summed E-state index contributed by atoms with van der Waals surface area (Å²) in [5.41, 5.74) is 1.46. The Morgan fingerprint density at radius 2 is 2.08 bits per heavy atom. The van der Waals surface area contributed by atoms with Crippen LogP contribution in [-0.4, -0.2) is 46.6 Å². The number of nitrogens with one attached hydrogen (secondary N) is 1. The molecule has 2 aromatic rings. The number of rotatable bonds is 6. The molecule has 1 aliphatic heterocycles. The van der Waals surface area contributed by atoms with Crippen molar-refractivity contribution in [3.8, 4) is 0 Å². The molecule has 0 spiro atoms. The van der Waals surface area contributed by atoms with Gasteiger partial charge in [0.25, 0.3) is 0 Å². The summed E-state index contributed by atoms with van der Waals surface area (Å²) in [5, 5.41) is 24.4. The van der Waals surface area contributed by atoms with Crippen molar-refractivity contribution in [1.82, 2.24) is 4.90 Å². The van der Waals surface area contributed by atoms with Gasteiger partial charge in [0.2, 0.25) is 5.91 Å². The third-order valence-electron chi connectivity index (χ3n) is 4.76. The normalized spacial score (nSPS) is 20.2. The lowest BCUT2D eigenvalue weighted by molar-refractivity contribution is -0.116. The molecule has 1 aromatic heterocycles. The van der Waals surface area contributed by atoms with E-state index in [1.54, 1.807) is 11.4 Å². The van der Waals surface area contributed by atoms with Crippen molar-refractivity contribution in [1.29, 1.82) is 0 Å². The summed E-state index contributed by atoms with van der Waals surface area (Å²) in [6.07, 6.45) is 0.881. The molecule has 1 atom stereocenters. The molecule has 7 heteroatoms. The van der Waals surface area contributed by atoms with Crippen LogP contribution in [0.3, 0.4) is 0 Å². The highest BCUT2D eigenvalue weighted by Crippen LogP contribution is 2.33. The molecule has 1 fully saturated rings. The predicted octanol–water partition coefficient (Wildman–Crippen LogP) is 2.68. The fourth-order valence-corrected chi connectivity index (χ4v) is 4.11. The Morgan fingerprint density at radius 3 is 2.81 bits per heavy atom. The third kappa shape index (κ3) is 3.95. The van der Waals surface area contributed by atoms with Crippen LogP contribution in [0.15, 0.2) is 35.7 Å². The van der Waals surface area contributed by atoms with E-state index in [-0.39, 0.29) is 17.2 Å². The number of nitrogens with zero attached hydrogens (tertiary/aromatic N) is 1.